The van der Waals surface area contributed by atoms with Crippen LogP contribution in [-0.4, -0.2) is 11.0 Å². The Morgan fingerprint density at radius 2 is 1.88 bits per heavy atom. The zero-order chi connectivity index (χ0) is 12.3. The molecule has 4 heteroatoms. The van der Waals surface area contributed by atoms with Crippen molar-refractivity contribution in [1.82, 2.24) is 4.98 Å². The Morgan fingerprint density at radius 1 is 1.18 bits per heavy atom. The molecule has 0 amide bonds. The first kappa shape index (κ1) is 11.1. The summed E-state index contributed by atoms with van der Waals surface area (Å²) in [5.41, 5.74) is 6.79. The van der Waals surface area contributed by atoms with E-state index in [0.717, 1.165) is 5.56 Å². The number of aromatic nitrogens is 1. The summed E-state index contributed by atoms with van der Waals surface area (Å²) in [4.78, 5) is 15.7. The third kappa shape index (κ3) is 2.60. The number of aryl methyl sites for hydroxylation is 1. The summed E-state index contributed by atoms with van der Waals surface area (Å²) in [5.74, 6) is 0.136. The highest BCUT2D eigenvalue weighted by molar-refractivity contribution is 5.90. The van der Waals surface area contributed by atoms with E-state index in [1.807, 2.05) is 6.07 Å². The van der Waals surface area contributed by atoms with Crippen LogP contribution in [0.25, 0.3) is 0 Å². The largest absolute Gasteiger partial charge is 0.403 e. The Bertz CT molecular complexity index is 538. The fourth-order valence-electron chi connectivity index (χ4n) is 1.35. The Labute approximate surface area is 99.1 Å². The standard InChI is InChI=1S/C13H12N2O2/c1-9-7-8-11(14)15-12(9)17-13(16)10-5-3-2-4-6-10/h2-8H,1H3,(H2,14,15). The molecular weight excluding hydrogens is 216 g/mol. The summed E-state index contributed by atoms with van der Waals surface area (Å²) in [6.07, 6.45) is 0. The molecule has 2 rings (SSSR count). The molecule has 1 aromatic carbocycles. The number of hydrogen-bond donors (Lipinski definition) is 1. The van der Waals surface area contributed by atoms with Gasteiger partial charge in [-0.1, -0.05) is 24.3 Å². The first-order chi connectivity index (χ1) is 8.16. The predicted octanol–water partition coefficient (Wildman–Crippen LogP) is 2.19. The number of nitrogens with two attached hydrogens (primary N) is 1. The van der Waals surface area contributed by atoms with E-state index in [1.54, 1.807) is 43.3 Å². The van der Waals surface area contributed by atoms with Gasteiger partial charge in [-0.15, -0.1) is 0 Å². The molecule has 2 aromatic rings. The molecule has 0 saturated carbocycles. The summed E-state index contributed by atoms with van der Waals surface area (Å²) >= 11 is 0. The highest BCUT2D eigenvalue weighted by Crippen LogP contribution is 2.17. The third-order valence-corrected chi connectivity index (χ3v) is 2.27. The molecule has 4 nitrogen and oxygen atoms in total. The van der Waals surface area contributed by atoms with E-state index in [0.29, 0.717) is 11.4 Å². The molecule has 0 aliphatic heterocycles. The smallest absolute Gasteiger partial charge is 0.344 e. The normalized spacial score (nSPS) is 9.94. The van der Waals surface area contributed by atoms with Crippen molar-refractivity contribution in [2.75, 3.05) is 5.73 Å². The number of rotatable bonds is 2. The molecule has 0 aliphatic rings. The topological polar surface area (TPSA) is 65.2 Å². The summed E-state index contributed by atoms with van der Waals surface area (Å²) in [6, 6.07) is 12.2. The maximum absolute atomic E-state index is 11.8. The number of carbonyl (C=O) groups excluding carboxylic acids is 1. The second kappa shape index (κ2) is 4.65. The van der Waals surface area contributed by atoms with E-state index in [4.69, 9.17) is 10.5 Å². The molecule has 0 spiro atoms. The second-order valence-corrected chi connectivity index (χ2v) is 3.61. The minimum atomic E-state index is -0.438. The lowest BCUT2D eigenvalue weighted by atomic mass is 10.2. The fourth-order valence-corrected chi connectivity index (χ4v) is 1.35. The van der Waals surface area contributed by atoms with Gasteiger partial charge in [-0.05, 0) is 25.1 Å². The van der Waals surface area contributed by atoms with Crippen molar-refractivity contribution in [2.24, 2.45) is 0 Å². The van der Waals surface area contributed by atoms with E-state index in [1.165, 1.54) is 0 Å². The fraction of sp³-hybridized carbons (Fsp3) is 0.0769. The zero-order valence-corrected chi connectivity index (χ0v) is 9.38. The van der Waals surface area contributed by atoms with Crippen molar-refractivity contribution < 1.29 is 9.53 Å². The van der Waals surface area contributed by atoms with Gasteiger partial charge in [0.2, 0.25) is 5.88 Å². The van der Waals surface area contributed by atoms with Gasteiger partial charge in [-0.25, -0.2) is 4.79 Å². The second-order valence-electron chi connectivity index (χ2n) is 3.61. The van der Waals surface area contributed by atoms with Crippen LogP contribution in [0.15, 0.2) is 42.5 Å². The predicted molar refractivity (Wildman–Crippen MR) is 64.8 cm³/mol. The van der Waals surface area contributed by atoms with E-state index in [9.17, 15) is 4.79 Å². The van der Waals surface area contributed by atoms with Gasteiger partial charge in [-0.2, -0.15) is 4.98 Å². The number of ether oxygens (including phenoxy) is 1. The minimum Gasteiger partial charge on any atom is -0.403 e. The minimum absolute atomic E-state index is 0.249. The molecular formula is C13H12N2O2. The van der Waals surface area contributed by atoms with Crippen LogP contribution in [-0.2, 0) is 0 Å². The summed E-state index contributed by atoms with van der Waals surface area (Å²) < 4.78 is 5.18. The van der Waals surface area contributed by atoms with Gasteiger partial charge >= 0.3 is 5.97 Å². The third-order valence-electron chi connectivity index (χ3n) is 2.27. The lowest BCUT2D eigenvalue weighted by Crippen LogP contribution is -2.10. The number of esters is 1. The van der Waals surface area contributed by atoms with Crippen molar-refractivity contribution in [3.63, 3.8) is 0 Å². The lowest BCUT2D eigenvalue weighted by Gasteiger charge is -2.06. The Balaban J connectivity index is 2.22. The zero-order valence-electron chi connectivity index (χ0n) is 9.38. The maximum Gasteiger partial charge on any atom is 0.344 e. The van der Waals surface area contributed by atoms with E-state index in [2.05, 4.69) is 4.98 Å². The SMILES string of the molecule is Cc1ccc(N)nc1OC(=O)c1ccccc1. The number of nitrogens with zero attached hydrogens (tertiary/aromatic N) is 1. The molecule has 0 bridgehead atoms. The van der Waals surface area contributed by atoms with Crippen molar-refractivity contribution in [3.8, 4) is 5.88 Å². The van der Waals surface area contributed by atoms with Gasteiger partial charge in [0, 0.05) is 5.56 Å². The average molecular weight is 228 g/mol. The van der Waals surface area contributed by atoms with Crippen molar-refractivity contribution >= 4 is 11.8 Å². The number of carbonyl (C=O) groups is 1. The van der Waals surface area contributed by atoms with Crippen LogP contribution >= 0.6 is 0 Å². The highest BCUT2D eigenvalue weighted by Gasteiger charge is 2.10. The number of hydrogen-bond acceptors (Lipinski definition) is 4. The van der Waals surface area contributed by atoms with Crippen LogP contribution in [0.1, 0.15) is 15.9 Å². The van der Waals surface area contributed by atoms with Gasteiger partial charge in [0.25, 0.3) is 0 Å². The quantitative estimate of drug-likeness (QED) is 0.800. The van der Waals surface area contributed by atoms with E-state index < -0.39 is 5.97 Å². The molecule has 0 atom stereocenters. The van der Waals surface area contributed by atoms with Crippen molar-refractivity contribution in [2.45, 2.75) is 6.92 Å². The number of nitrogen functional groups attached to an aromatic ring is 1. The first-order valence-electron chi connectivity index (χ1n) is 5.17. The molecule has 0 fully saturated rings. The average Bonchev–Trinajstić information content (AvgIpc) is 2.35. The first-order valence-corrected chi connectivity index (χ1v) is 5.17. The number of pyridine rings is 1. The van der Waals surface area contributed by atoms with Crippen LogP contribution in [0, 0.1) is 6.92 Å². The summed E-state index contributed by atoms with van der Waals surface area (Å²) in [7, 11) is 0. The Hall–Kier alpha value is -2.36. The summed E-state index contributed by atoms with van der Waals surface area (Å²) in [5, 5.41) is 0. The van der Waals surface area contributed by atoms with Crippen molar-refractivity contribution in [1.29, 1.82) is 0 Å². The van der Waals surface area contributed by atoms with Gasteiger partial charge in [0.15, 0.2) is 0 Å². The van der Waals surface area contributed by atoms with Gasteiger partial charge in [0.05, 0.1) is 5.56 Å². The number of anilines is 1. The van der Waals surface area contributed by atoms with Crippen LogP contribution in [0.3, 0.4) is 0 Å². The maximum atomic E-state index is 11.8. The molecule has 2 N–H and O–H groups in total. The molecule has 0 unspecified atom stereocenters. The van der Waals surface area contributed by atoms with Gasteiger partial charge < -0.3 is 10.5 Å². The summed E-state index contributed by atoms with van der Waals surface area (Å²) in [6.45, 7) is 1.81. The molecule has 17 heavy (non-hydrogen) atoms. The van der Waals surface area contributed by atoms with Gasteiger partial charge in [-0.3, -0.25) is 0 Å². The lowest BCUT2D eigenvalue weighted by molar-refractivity contribution is 0.0726. The molecule has 1 aromatic heterocycles. The number of benzene rings is 1. The van der Waals surface area contributed by atoms with E-state index in [-0.39, 0.29) is 5.88 Å². The molecule has 86 valence electrons. The highest BCUT2D eigenvalue weighted by atomic mass is 16.5. The molecule has 0 radical (unpaired) electrons. The Morgan fingerprint density at radius 3 is 2.59 bits per heavy atom. The van der Waals surface area contributed by atoms with Crippen LogP contribution in [0.4, 0.5) is 5.82 Å². The van der Waals surface area contributed by atoms with Gasteiger partial charge in [0.1, 0.15) is 5.82 Å². The molecule has 0 aliphatic carbocycles. The van der Waals surface area contributed by atoms with Crippen molar-refractivity contribution in [3.05, 3.63) is 53.6 Å². The van der Waals surface area contributed by atoms with E-state index >= 15 is 0 Å². The van der Waals surface area contributed by atoms with Crippen LogP contribution in [0.5, 0.6) is 5.88 Å². The molecule has 0 saturated heterocycles. The molecule has 1 heterocycles. The monoisotopic (exact) mass is 228 g/mol. The van der Waals surface area contributed by atoms with Crippen LogP contribution < -0.4 is 10.5 Å². The van der Waals surface area contributed by atoms with Crippen LogP contribution in [0.2, 0.25) is 0 Å². The Kier molecular flexibility index (Phi) is 3.05.